The number of nitrogens with one attached hydrogen (secondary N) is 2. The third-order valence-corrected chi connectivity index (χ3v) is 3.41. The number of carbonyl (C=O) groups excluding carboxylic acids is 1. The van der Waals surface area contributed by atoms with Gasteiger partial charge in [0.1, 0.15) is 12.1 Å². The normalized spacial score (nSPS) is 10.4. The SMILES string of the molecule is Cc1ccccc1NC(=O)Nc1ncn(Cc2ccc(F)cc2)n1. The number of para-hydroxylation sites is 1. The van der Waals surface area contributed by atoms with Crippen molar-refractivity contribution < 1.29 is 9.18 Å². The van der Waals surface area contributed by atoms with Crippen LogP contribution in [0.1, 0.15) is 11.1 Å². The summed E-state index contributed by atoms with van der Waals surface area (Å²) in [5.41, 5.74) is 2.57. The van der Waals surface area contributed by atoms with Gasteiger partial charge < -0.3 is 5.32 Å². The summed E-state index contributed by atoms with van der Waals surface area (Å²) in [4.78, 5) is 16.0. The second-order valence-electron chi connectivity index (χ2n) is 5.29. The van der Waals surface area contributed by atoms with Gasteiger partial charge in [-0.15, -0.1) is 5.10 Å². The molecule has 0 spiro atoms. The van der Waals surface area contributed by atoms with Crippen LogP contribution in [0.5, 0.6) is 0 Å². The first-order valence-corrected chi connectivity index (χ1v) is 7.38. The van der Waals surface area contributed by atoms with Crippen molar-refractivity contribution in [2.75, 3.05) is 10.6 Å². The number of aryl methyl sites for hydroxylation is 1. The number of rotatable bonds is 4. The number of aromatic nitrogens is 3. The molecule has 7 heteroatoms. The van der Waals surface area contributed by atoms with E-state index < -0.39 is 6.03 Å². The Morgan fingerprint density at radius 3 is 2.62 bits per heavy atom. The minimum absolute atomic E-state index is 0.197. The quantitative estimate of drug-likeness (QED) is 0.772. The Bertz CT molecular complexity index is 844. The highest BCUT2D eigenvalue weighted by Crippen LogP contribution is 2.13. The Balaban J connectivity index is 1.60. The molecular formula is C17H16FN5O. The molecule has 122 valence electrons. The molecule has 6 nitrogen and oxygen atoms in total. The van der Waals surface area contributed by atoms with E-state index in [0.717, 1.165) is 16.8 Å². The van der Waals surface area contributed by atoms with Crippen molar-refractivity contribution in [2.45, 2.75) is 13.5 Å². The summed E-state index contributed by atoms with van der Waals surface area (Å²) in [6.07, 6.45) is 1.51. The van der Waals surface area contributed by atoms with E-state index in [1.165, 1.54) is 18.5 Å². The molecule has 1 heterocycles. The molecule has 0 fully saturated rings. The minimum atomic E-state index is -0.413. The number of halogens is 1. The Kier molecular flexibility index (Phi) is 4.51. The summed E-state index contributed by atoms with van der Waals surface area (Å²) in [7, 11) is 0. The smallest absolute Gasteiger partial charge is 0.307 e. The molecule has 0 saturated carbocycles. The van der Waals surface area contributed by atoms with Crippen molar-refractivity contribution in [2.24, 2.45) is 0 Å². The summed E-state index contributed by atoms with van der Waals surface area (Å²) >= 11 is 0. The van der Waals surface area contributed by atoms with E-state index in [0.29, 0.717) is 6.54 Å². The van der Waals surface area contributed by atoms with Crippen LogP contribution in [0, 0.1) is 12.7 Å². The largest absolute Gasteiger partial charge is 0.326 e. The molecule has 0 aliphatic rings. The van der Waals surface area contributed by atoms with Crippen molar-refractivity contribution in [3.63, 3.8) is 0 Å². The third-order valence-electron chi connectivity index (χ3n) is 3.41. The maximum absolute atomic E-state index is 12.9. The first-order chi connectivity index (χ1) is 11.6. The zero-order valence-corrected chi connectivity index (χ0v) is 13.0. The van der Waals surface area contributed by atoms with Crippen molar-refractivity contribution in [1.29, 1.82) is 0 Å². The van der Waals surface area contributed by atoms with Crippen LogP contribution < -0.4 is 10.6 Å². The molecule has 0 aliphatic heterocycles. The highest BCUT2D eigenvalue weighted by atomic mass is 19.1. The van der Waals surface area contributed by atoms with E-state index in [4.69, 9.17) is 0 Å². The lowest BCUT2D eigenvalue weighted by Gasteiger charge is -2.07. The highest BCUT2D eigenvalue weighted by Gasteiger charge is 2.08. The topological polar surface area (TPSA) is 71.8 Å². The highest BCUT2D eigenvalue weighted by molar-refractivity contribution is 5.99. The molecule has 24 heavy (non-hydrogen) atoms. The second kappa shape index (κ2) is 6.91. The maximum Gasteiger partial charge on any atom is 0.326 e. The number of hydrogen-bond donors (Lipinski definition) is 2. The summed E-state index contributed by atoms with van der Waals surface area (Å²) in [5, 5.41) is 9.49. The van der Waals surface area contributed by atoms with Gasteiger partial charge in [0.2, 0.25) is 5.95 Å². The molecule has 3 aromatic rings. The Morgan fingerprint density at radius 2 is 1.88 bits per heavy atom. The molecule has 2 N–H and O–H groups in total. The molecule has 0 aliphatic carbocycles. The van der Waals surface area contributed by atoms with Crippen molar-refractivity contribution >= 4 is 17.7 Å². The summed E-state index contributed by atoms with van der Waals surface area (Å²) in [5.74, 6) is -0.0873. The summed E-state index contributed by atoms with van der Waals surface area (Å²) in [6, 6.07) is 13.2. The van der Waals surface area contributed by atoms with Crippen LogP contribution in [0.3, 0.4) is 0 Å². The number of amides is 2. The van der Waals surface area contributed by atoms with Crippen LogP contribution in [-0.2, 0) is 6.54 Å². The van der Waals surface area contributed by atoms with Gasteiger partial charge in [-0.3, -0.25) is 5.32 Å². The third kappa shape index (κ3) is 3.95. The average molecular weight is 325 g/mol. The monoisotopic (exact) mass is 325 g/mol. The molecule has 1 aromatic heterocycles. The average Bonchev–Trinajstić information content (AvgIpc) is 2.99. The van der Waals surface area contributed by atoms with Crippen LogP contribution in [-0.4, -0.2) is 20.8 Å². The molecule has 0 atom stereocenters. The van der Waals surface area contributed by atoms with E-state index in [2.05, 4.69) is 20.7 Å². The maximum atomic E-state index is 12.9. The van der Waals surface area contributed by atoms with Gasteiger partial charge in [0, 0.05) is 5.69 Å². The standard InChI is InChI=1S/C17H16FN5O/c1-12-4-2-3-5-15(12)20-17(24)21-16-19-11-23(22-16)10-13-6-8-14(18)9-7-13/h2-9,11H,10H2,1H3,(H2,20,21,22,24). The molecule has 0 unspecified atom stereocenters. The fourth-order valence-corrected chi connectivity index (χ4v) is 2.17. The Hall–Kier alpha value is -3.22. The van der Waals surface area contributed by atoms with E-state index >= 15 is 0 Å². The van der Waals surface area contributed by atoms with Crippen LogP contribution in [0.25, 0.3) is 0 Å². The number of benzene rings is 2. The van der Waals surface area contributed by atoms with Gasteiger partial charge in [0.05, 0.1) is 6.54 Å². The van der Waals surface area contributed by atoms with Gasteiger partial charge in [-0.1, -0.05) is 30.3 Å². The molecule has 0 saturated heterocycles. The Morgan fingerprint density at radius 1 is 1.12 bits per heavy atom. The fraction of sp³-hybridized carbons (Fsp3) is 0.118. The molecule has 0 bridgehead atoms. The van der Waals surface area contributed by atoms with E-state index in [1.807, 2.05) is 31.2 Å². The predicted molar refractivity (Wildman–Crippen MR) is 89.3 cm³/mol. The van der Waals surface area contributed by atoms with Crippen LogP contribution in [0.15, 0.2) is 54.9 Å². The lowest BCUT2D eigenvalue weighted by Crippen LogP contribution is -2.20. The second-order valence-corrected chi connectivity index (χ2v) is 5.29. The van der Waals surface area contributed by atoms with Gasteiger partial charge in [0.15, 0.2) is 0 Å². The van der Waals surface area contributed by atoms with Crippen LogP contribution in [0.2, 0.25) is 0 Å². The number of nitrogens with zero attached hydrogens (tertiary/aromatic N) is 3. The zero-order chi connectivity index (χ0) is 16.9. The van der Waals surface area contributed by atoms with Gasteiger partial charge in [-0.25, -0.2) is 18.9 Å². The fourth-order valence-electron chi connectivity index (χ4n) is 2.17. The number of carbonyl (C=O) groups is 1. The number of hydrogen-bond acceptors (Lipinski definition) is 3. The predicted octanol–water partition coefficient (Wildman–Crippen LogP) is 3.42. The van der Waals surface area contributed by atoms with E-state index in [1.54, 1.807) is 16.8 Å². The lowest BCUT2D eigenvalue weighted by atomic mass is 10.2. The Labute approximate surface area is 138 Å². The first-order valence-electron chi connectivity index (χ1n) is 7.38. The molecule has 2 aromatic carbocycles. The van der Waals surface area contributed by atoms with Crippen LogP contribution >= 0.6 is 0 Å². The molecule has 3 rings (SSSR count). The number of urea groups is 1. The van der Waals surface area contributed by atoms with Gasteiger partial charge in [-0.05, 0) is 36.2 Å². The van der Waals surface area contributed by atoms with Gasteiger partial charge in [0.25, 0.3) is 0 Å². The zero-order valence-electron chi connectivity index (χ0n) is 13.0. The molecule has 0 radical (unpaired) electrons. The summed E-state index contributed by atoms with van der Waals surface area (Å²) in [6.45, 7) is 2.35. The first kappa shape index (κ1) is 15.7. The molecular weight excluding hydrogens is 309 g/mol. The van der Waals surface area contributed by atoms with Crippen LogP contribution in [0.4, 0.5) is 20.8 Å². The van der Waals surface area contributed by atoms with E-state index in [9.17, 15) is 9.18 Å². The minimum Gasteiger partial charge on any atom is -0.307 e. The molecule has 2 amide bonds. The summed E-state index contributed by atoms with van der Waals surface area (Å²) < 4.78 is 14.5. The van der Waals surface area contributed by atoms with Crippen molar-refractivity contribution in [1.82, 2.24) is 14.8 Å². The van der Waals surface area contributed by atoms with Crippen molar-refractivity contribution in [3.05, 3.63) is 71.8 Å². The lowest BCUT2D eigenvalue weighted by molar-refractivity contribution is 0.262. The van der Waals surface area contributed by atoms with Gasteiger partial charge >= 0.3 is 6.03 Å². The van der Waals surface area contributed by atoms with Gasteiger partial charge in [-0.2, -0.15) is 0 Å². The van der Waals surface area contributed by atoms with E-state index in [-0.39, 0.29) is 11.8 Å². The number of anilines is 2. The van der Waals surface area contributed by atoms with Crippen molar-refractivity contribution in [3.8, 4) is 0 Å².